The Labute approximate surface area is 326 Å². The first-order valence-electron chi connectivity index (χ1n) is 19.6. The lowest BCUT2D eigenvalue weighted by atomic mass is 9.90. The minimum atomic E-state index is -0.392. The number of anilines is 5. The molecule has 3 aliphatic heterocycles. The molecule has 56 heavy (non-hydrogen) atoms. The molecule has 3 aromatic heterocycles. The number of aromatic nitrogens is 4. The molecule has 4 aliphatic rings. The van der Waals surface area contributed by atoms with E-state index in [1.54, 1.807) is 30.4 Å². The average molecular weight is 762 g/mol. The zero-order valence-corrected chi connectivity index (χ0v) is 32.7. The molecule has 2 unspecified atom stereocenters. The van der Waals surface area contributed by atoms with E-state index < -0.39 is 6.61 Å². The zero-order valence-electron chi connectivity index (χ0n) is 32.7. The second kappa shape index (κ2) is 15.0. The van der Waals surface area contributed by atoms with Gasteiger partial charge in [0.15, 0.2) is 5.82 Å². The molecule has 1 aromatic carbocycles. The van der Waals surface area contributed by atoms with Crippen molar-refractivity contribution in [1.29, 1.82) is 0 Å². The Bertz CT molecular complexity index is 2250. The molecule has 4 aromatic rings. The van der Waals surface area contributed by atoms with E-state index in [0.29, 0.717) is 58.8 Å². The molecule has 2 saturated heterocycles. The van der Waals surface area contributed by atoms with Gasteiger partial charge in [-0.2, -0.15) is 0 Å². The maximum absolute atomic E-state index is 14.0. The van der Waals surface area contributed by atoms with Gasteiger partial charge in [0.2, 0.25) is 5.91 Å². The van der Waals surface area contributed by atoms with Crippen LogP contribution >= 0.6 is 0 Å². The van der Waals surface area contributed by atoms with Gasteiger partial charge in [0.05, 0.1) is 36.9 Å². The summed E-state index contributed by atoms with van der Waals surface area (Å²) < 4.78 is 9.15. The Morgan fingerprint density at radius 1 is 1.09 bits per heavy atom. The predicted octanol–water partition coefficient (Wildman–Crippen LogP) is 4.48. The van der Waals surface area contributed by atoms with Gasteiger partial charge < -0.3 is 34.5 Å². The van der Waals surface area contributed by atoms with Crippen molar-refractivity contribution in [2.45, 2.75) is 71.7 Å². The highest BCUT2D eigenvalue weighted by atomic mass is 16.5. The van der Waals surface area contributed by atoms with Crippen LogP contribution in [0.25, 0.3) is 11.3 Å². The fourth-order valence-corrected chi connectivity index (χ4v) is 9.10. The van der Waals surface area contributed by atoms with E-state index in [-0.39, 0.29) is 34.6 Å². The fourth-order valence-electron chi connectivity index (χ4n) is 9.10. The van der Waals surface area contributed by atoms with Crippen LogP contribution in [0.4, 0.5) is 28.7 Å². The van der Waals surface area contributed by atoms with E-state index in [9.17, 15) is 19.5 Å². The number of aliphatic hydroxyl groups is 1. The highest BCUT2D eigenvalue weighted by Crippen LogP contribution is 2.40. The lowest BCUT2D eigenvalue weighted by molar-refractivity contribution is -0.111. The molecule has 2 atom stereocenters. The number of morpholine rings is 1. The molecule has 14 nitrogen and oxygen atoms in total. The minimum absolute atomic E-state index is 0.0602. The minimum Gasteiger partial charge on any atom is -0.392 e. The summed E-state index contributed by atoms with van der Waals surface area (Å²) in [6.07, 6.45) is 8.31. The first-order chi connectivity index (χ1) is 26.9. The summed E-state index contributed by atoms with van der Waals surface area (Å²) in [5.41, 5.74) is 6.37. The number of rotatable bonds is 9. The quantitative estimate of drug-likeness (QED) is 0.209. The van der Waals surface area contributed by atoms with Gasteiger partial charge in [-0.05, 0) is 80.0 Å². The Morgan fingerprint density at radius 3 is 2.64 bits per heavy atom. The summed E-state index contributed by atoms with van der Waals surface area (Å²) in [7, 11) is 1.64. The molecule has 0 radical (unpaired) electrons. The average Bonchev–Trinajstić information content (AvgIpc) is 3.69. The van der Waals surface area contributed by atoms with E-state index >= 15 is 0 Å². The number of hydrogen-bond donors (Lipinski definition) is 3. The molecule has 2 amide bonds. The number of piperidine rings is 1. The topological polar surface area (TPSA) is 150 Å². The van der Waals surface area contributed by atoms with Crippen LogP contribution in [0.1, 0.15) is 60.9 Å². The molecule has 14 heteroatoms. The van der Waals surface area contributed by atoms with Crippen molar-refractivity contribution >= 4 is 40.5 Å². The number of aliphatic hydroxyl groups excluding tert-OH is 1. The van der Waals surface area contributed by atoms with Crippen molar-refractivity contribution in [2.24, 2.45) is 12.5 Å². The van der Waals surface area contributed by atoms with E-state index in [0.717, 1.165) is 64.2 Å². The van der Waals surface area contributed by atoms with Crippen LogP contribution in [-0.2, 0) is 42.6 Å². The number of aryl methyl sites for hydroxylation is 1. The molecule has 0 saturated carbocycles. The van der Waals surface area contributed by atoms with Crippen molar-refractivity contribution in [2.75, 3.05) is 59.8 Å². The number of pyridine rings is 1. The summed E-state index contributed by atoms with van der Waals surface area (Å²) in [6, 6.07) is 10.1. The van der Waals surface area contributed by atoms with Crippen molar-refractivity contribution in [1.82, 2.24) is 24.0 Å². The van der Waals surface area contributed by atoms with Gasteiger partial charge in [0, 0.05) is 86.8 Å². The van der Waals surface area contributed by atoms with Crippen LogP contribution < -0.4 is 26.0 Å². The van der Waals surface area contributed by atoms with Crippen molar-refractivity contribution in [3.63, 3.8) is 0 Å². The SMILES string of the molecule is C=CC(=O)Nc1cc(Nc2nc(-c3ccnc(N4CCn5c(cc6c5CC(C)(C)C6)C4=O)c3CO)cn(C)c2=O)ccc1N1CCC(N2CCOCC2)CC1C. The third-order valence-electron chi connectivity index (χ3n) is 11.8. The number of nitrogens with zero attached hydrogens (tertiary/aromatic N) is 7. The van der Waals surface area contributed by atoms with Crippen LogP contribution in [0.5, 0.6) is 0 Å². The maximum Gasteiger partial charge on any atom is 0.293 e. The monoisotopic (exact) mass is 761 g/mol. The Kier molecular flexibility index (Phi) is 10.1. The predicted molar refractivity (Wildman–Crippen MR) is 217 cm³/mol. The number of carbonyl (C=O) groups excluding carboxylic acids is 2. The smallest absolute Gasteiger partial charge is 0.293 e. The molecular weight excluding hydrogens is 711 g/mol. The van der Waals surface area contributed by atoms with Gasteiger partial charge in [-0.3, -0.25) is 24.2 Å². The van der Waals surface area contributed by atoms with Gasteiger partial charge in [0.25, 0.3) is 11.5 Å². The number of hydrogen-bond acceptors (Lipinski definition) is 10. The van der Waals surface area contributed by atoms with Crippen LogP contribution in [0.2, 0.25) is 0 Å². The fraction of sp³-hybridized carbons (Fsp3) is 0.452. The lowest BCUT2D eigenvalue weighted by Gasteiger charge is -2.44. The normalized spacial score (nSPS) is 20.8. The van der Waals surface area contributed by atoms with E-state index in [4.69, 9.17) is 9.72 Å². The number of amides is 2. The molecule has 3 N–H and O–H groups in total. The highest BCUT2D eigenvalue weighted by Gasteiger charge is 2.38. The van der Waals surface area contributed by atoms with Crippen LogP contribution in [-0.4, -0.2) is 92.4 Å². The van der Waals surface area contributed by atoms with Crippen LogP contribution in [0.3, 0.4) is 0 Å². The first-order valence-corrected chi connectivity index (χ1v) is 19.6. The standard InChI is InChI=1S/C42H51N9O5/c1-6-37(53)45-32-21-28(7-8-34(32)49-12-10-29(19-26(49)2)48-15-17-56-18-16-48)44-38-41(55)47(5)24-33(46-38)30-9-11-43-39(31(30)25-52)51-14-13-50-35(40(51)54)20-27-22-42(3,4)23-36(27)50/h6-9,11,20-21,24,26,29,52H,1,10,12-19,22-23,25H2,2-5H3,(H,44,46)(H,45,53). The summed E-state index contributed by atoms with van der Waals surface area (Å²) in [5, 5.41) is 16.9. The van der Waals surface area contributed by atoms with Crippen molar-refractivity contribution in [3.05, 3.63) is 88.2 Å². The van der Waals surface area contributed by atoms with Crippen molar-refractivity contribution in [3.8, 4) is 11.3 Å². The molecule has 2 fully saturated rings. The number of nitrogens with one attached hydrogen (secondary N) is 2. The second-order valence-electron chi connectivity index (χ2n) is 16.3. The second-order valence-corrected chi connectivity index (χ2v) is 16.3. The molecule has 8 rings (SSSR count). The number of fused-ring (bicyclic) bond motifs is 3. The van der Waals surface area contributed by atoms with Gasteiger partial charge in [-0.1, -0.05) is 20.4 Å². The van der Waals surface area contributed by atoms with E-state index in [1.807, 2.05) is 24.3 Å². The summed E-state index contributed by atoms with van der Waals surface area (Å²) in [4.78, 5) is 56.0. The largest absolute Gasteiger partial charge is 0.392 e. The summed E-state index contributed by atoms with van der Waals surface area (Å²) >= 11 is 0. The Balaban J connectivity index is 1.07. The van der Waals surface area contributed by atoms with Crippen LogP contribution in [0.15, 0.2) is 60.2 Å². The maximum atomic E-state index is 14.0. The van der Waals surface area contributed by atoms with Gasteiger partial charge >= 0.3 is 0 Å². The Hall–Kier alpha value is -5.31. The molecule has 0 bridgehead atoms. The molecule has 1 aliphatic carbocycles. The number of benzene rings is 1. The molecule has 0 spiro atoms. The summed E-state index contributed by atoms with van der Waals surface area (Å²) in [6.45, 7) is 15.3. The zero-order chi connectivity index (χ0) is 39.3. The Morgan fingerprint density at radius 2 is 1.89 bits per heavy atom. The molecular formula is C42H51N9O5. The number of ether oxygens (including phenoxy) is 1. The first kappa shape index (κ1) is 37.6. The van der Waals surface area contributed by atoms with Gasteiger partial charge in [0.1, 0.15) is 11.5 Å². The van der Waals surface area contributed by atoms with Crippen molar-refractivity contribution < 1.29 is 19.4 Å². The summed E-state index contributed by atoms with van der Waals surface area (Å²) in [5.74, 6) is -0.0644. The van der Waals surface area contributed by atoms with E-state index in [1.165, 1.54) is 21.9 Å². The van der Waals surface area contributed by atoms with Gasteiger partial charge in [-0.15, -0.1) is 0 Å². The lowest BCUT2D eigenvalue weighted by Crippen LogP contribution is -2.52. The van der Waals surface area contributed by atoms with E-state index in [2.05, 4.69) is 57.3 Å². The number of carbonyl (C=O) groups is 2. The molecule has 6 heterocycles. The highest BCUT2D eigenvalue weighted by molar-refractivity contribution is 6.06. The van der Waals surface area contributed by atoms with Crippen LogP contribution in [0, 0.1) is 5.41 Å². The third-order valence-corrected chi connectivity index (χ3v) is 11.8. The van der Waals surface area contributed by atoms with Gasteiger partial charge in [-0.25, -0.2) is 9.97 Å². The third kappa shape index (κ3) is 7.01. The molecule has 294 valence electrons.